The van der Waals surface area contributed by atoms with E-state index in [2.05, 4.69) is 4.98 Å². The number of ether oxygens (including phenoxy) is 1. The quantitative estimate of drug-likeness (QED) is 0.353. The van der Waals surface area contributed by atoms with Crippen molar-refractivity contribution in [2.75, 3.05) is 12.4 Å². The zero-order chi connectivity index (χ0) is 19.1. The fraction of sp³-hybridized carbons (Fsp3) is 0.250. The molecule has 0 radical (unpaired) electrons. The van der Waals surface area contributed by atoms with E-state index in [4.69, 9.17) is 39.5 Å². The summed E-state index contributed by atoms with van der Waals surface area (Å²) in [5.74, 6) is 1.81. The van der Waals surface area contributed by atoms with Crippen molar-refractivity contribution in [2.24, 2.45) is 0 Å². The molecule has 0 aliphatic rings. The Morgan fingerprint density at radius 1 is 1.04 bits per heavy atom. The Morgan fingerprint density at radius 3 is 2.52 bits per heavy atom. The van der Waals surface area contributed by atoms with Crippen molar-refractivity contribution >= 4 is 46.6 Å². The molecule has 1 heterocycles. The van der Waals surface area contributed by atoms with Crippen LogP contribution in [0.15, 0.2) is 61.2 Å². The predicted octanol–water partition coefficient (Wildman–Crippen LogP) is 6.53. The number of hydrogen-bond donors (Lipinski definition) is 0. The Bertz CT molecular complexity index is 841. The summed E-state index contributed by atoms with van der Waals surface area (Å²) in [4.78, 5) is 4.09. The van der Waals surface area contributed by atoms with Gasteiger partial charge < -0.3 is 9.30 Å². The molecular formula is C20H19Cl3N2OS. The molecule has 3 aromatic rings. The van der Waals surface area contributed by atoms with Crippen molar-refractivity contribution in [1.29, 1.82) is 0 Å². The van der Waals surface area contributed by atoms with Gasteiger partial charge in [-0.3, -0.25) is 0 Å². The van der Waals surface area contributed by atoms with Crippen LogP contribution in [-0.4, -0.2) is 21.9 Å². The van der Waals surface area contributed by atoms with Crippen LogP contribution in [0.3, 0.4) is 0 Å². The predicted molar refractivity (Wildman–Crippen MR) is 115 cm³/mol. The van der Waals surface area contributed by atoms with E-state index in [1.165, 1.54) is 5.56 Å². The van der Waals surface area contributed by atoms with Crippen molar-refractivity contribution in [1.82, 2.24) is 9.55 Å². The van der Waals surface area contributed by atoms with Gasteiger partial charge in [-0.1, -0.05) is 53.0 Å². The van der Waals surface area contributed by atoms with Crippen LogP contribution in [0.2, 0.25) is 15.1 Å². The molecule has 0 fully saturated rings. The Balaban J connectivity index is 1.55. The normalized spacial score (nSPS) is 12.3. The van der Waals surface area contributed by atoms with Gasteiger partial charge in [0.2, 0.25) is 0 Å². The lowest BCUT2D eigenvalue weighted by molar-refractivity contribution is 0.0516. The number of thioether (sulfide) groups is 1. The fourth-order valence-corrected chi connectivity index (χ4v) is 4.05. The highest BCUT2D eigenvalue weighted by molar-refractivity contribution is 7.98. The Labute approximate surface area is 178 Å². The molecule has 0 saturated heterocycles. The molecule has 0 spiro atoms. The van der Waals surface area contributed by atoms with Crippen molar-refractivity contribution in [3.8, 4) is 0 Å². The number of rotatable bonds is 9. The molecule has 0 saturated carbocycles. The maximum absolute atomic E-state index is 6.39. The molecule has 7 heteroatoms. The fourth-order valence-electron chi connectivity index (χ4n) is 2.61. The number of halogens is 3. The Morgan fingerprint density at radius 2 is 1.81 bits per heavy atom. The van der Waals surface area contributed by atoms with Gasteiger partial charge in [0.1, 0.15) is 6.10 Å². The molecule has 0 bridgehead atoms. The second kappa shape index (κ2) is 10.4. The molecule has 1 atom stereocenters. The summed E-state index contributed by atoms with van der Waals surface area (Å²) >= 11 is 20.2. The lowest BCUT2D eigenvalue weighted by atomic mass is 10.1. The number of hydrogen-bond acceptors (Lipinski definition) is 3. The number of aromatic nitrogens is 2. The summed E-state index contributed by atoms with van der Waals surface area (Å²) < 4.78 is 8.14. The first-order valence-corrected chi connectivity index (χ1v) is 10.7. The Kier molecular flexibility index (Phi) is 7.92. The van der Waals surface area contributed by atoms with Gasteiger partial charge in [-0.25, -0.2) is 4.98 Å². The second-order valence-corrected chi connectivity index (χ2v) is 8.35. The van der Waals surface area contributed by atoms with Crippen LogP contribution >= 0.6 is 46.6 Å². The standard InChI is InChI=1S/C20H19Cl3N2OS/c21-16-3-1-15(2-4-16)13-27-10-9-26-20(12-25-8-7-24-14-25)18-6-5-17(22)11-19(18)23/h1-8,11,14,20H,9-10,12-13H2. The first-order valence-electron chi connectivity index (χ1n) is 8.46. The van der Waals surface area contributed by atoms with Gasteiger partial charge in [0.25, 0.3) is 0 Å². The van der Waals surface area contributed by atoms with Crippen molar-refractivity contribution < 1.29 is 4.74 Å². The van der Waals surface area contributed by atoms with Crippen LogP contribution in [-0.2, 0) is 17.0 Å². The zero-order valence-electron chi connectivity index (χ0n) is 14.5. The van der Waals surface area contributed by atoms with E-state index < -0.39 is 0 Å². The monoisotopic (exact) mass is 440 g/mol. The third-order valence-corrected chi connectivity index (χ3v) is 5.78. The number of benzene rings is 2. The van der Waals surface area contributed by atoms with E-state index in [0.29, 0.717) is 23.2 Å². The van der Waals surface area contributed by atoms with Gasteiger partial charge in [0.05, 0.1) is 19.5 Å². The van der Waals surface area contributed by atoms with E-state index in [0.717, 1.165) is 22.1 Å². The summed E-state index contributed by atoms with van der Waals surface area (Å²) in [7, 11) is 0. The van der Waals surface area contributed by atoms with Gasteiger partial charge in [-0.05, 0) is 29.8 Å². The van der Waals surface area contributed by atoms with E-state index in [1.54, 1.807) is 18.6 Å². The SMILES string of the molecule is Clc1ccc(CSCCOC(Cn2ccnc2)c2ccc(Cl)cc2Cl)cc1. The third-order valence-electron chi connectivity index (χ3n) is 3.97. The van der Waals surface area contributed by atoms with Gasteiger partial charge in [-0.15, -0.1) is 0 Å². The minimum Gasteiger partial charge on any atom is -0.371 e. The molecule has 0 aliphatic carbocycles. The van der Waals surface area contributed by atoms with Gasteiger partial charge in [0, 0.05) is 44.5 Å². The van der Waals surface area contributed by atoms with Crippen molar-refractivity contribution in [3.63, 3.8) is 0 Å². The van der Waals surface area contributed by atoms with Gasteiger partial charge >= 0.3 is 0 Å². The van der Waals surface area contributed by atoms with Crippen LogP contribution in [0, 0.1) is 0 Å². The van der Waals surface area contributed by atoms with Crippen LogP contribution in [0.5, 0.6) is 0 Å². The van der Waals surface area contributed by atoms with Crippen LogP contribution < -0.4 is 0 Å². The highest BCUT2D eigenvalue weighted by atomic mass is 35.5. The average Bonchev–Trinajstić information content (AvgIpc) is 3.15. The number of nitrogens with zero attached hydrogens (tertiary/aromatic N) is 2. The molecule has 3 nitrogen and oxygen atoms in total. The van der Waals surface area contributed by atoms with Crippen LogP contribution in [0.1, 0.15) is 17.2 Å². The summed E-state index contributed by atoms with van der Waals surface area (Å²) in [6.07, 6.45) is 5.27. The maximum Gasteiger partial charge on any atom is 0.102 e. The smallest absolute Gasteiger partial charge is 0.102 e. The zero-order valence-corrected chi connectivity index (χ0v) is 17.6. The van der Waals surface area contributed by atoms with E-state index in [-0.39, 0.29) is 6.10 Å². The van der Waals surface area contributed by atoms with Crippen LogP contribution in [0.25, 0.3) is 0 Å². The van der Waals surface area contributed by atoms with Gasteiger partial charge in [0.15, 0.2) is 0 Å². The molecular weight excluding hydrogens is 423 g/mol. The Hall–Kier alpha value is -1.17. The van der Waals surface area contributed by atoms with E-state index >= 15 is 0 Å². The lowest BCUT2D eigenvalue weighted by Crippen LogP contribution is -2.14. The van der Waals surface area contributed by atoms with Crippen LogP contribution in [0.4, 0.5) is 0 Å². The van der Waals surface area contributed by atoms with Gasteiger partial charge in [-0.2, -0.15) is 11.8 Å². The maximum atomic E-state index is 6.39. The summed E-state index contributed by atoms with van der Waals surface area (Å²) in [5.41, 5.74) is 2.18. The molecule has 0 aliphatic heterocycles. The molecule has 27 heavy (non-hydrogen) atoms. The average molecular weight is 442 g/mol. The molecule has 0 N–H and O–H groups in total. The highest BCUT2D eigenvalue weighted by Crippen LogP contribution is 2.30. The van der Waals surface area contributed by atoms with Crippen molar-refractivity contribution in [2.45, 2.75) is 18.4 Å². The topological polar surface area (TPSA) is 27.1 Å². The lowest BCUT2D eigenvalue weighted by Gasteiger charge is -2.20. The summed E-state index contributed by atoms with van der Waals surface area (Å²) in [5, 5.41) is 1.99. The molecule has 3 rings (SSSR count). The first kappa shape index (κ1) is 20.6. The molecule has 1 unspecified atom stereocenters. The summed E-state index contributed by atoms with van der Waals surface area (Å²) in [6.45, 7) is 1.26. The second-order valence-electron chi connectivity index (χ2n) is 5.96. The highest BCUT2D eigenvalue weighted by Gasteiger charge is 2.16. The van der Waals surface area contributed by atoms with E-state index in [1.807, 2.05) is 58.9 Å². The molecule has 2 aromatic carbocycles. The molecule has 142 valence electrons. The number of imidazole rings is 1. The molecule has 1 aromatic heterocycles. The minimum absolute atomic E-state index is 0.167. The third kappa shape index (κ3) is 6.44. The minimum atomic E-state index is -0.167. The molecule has 0 amide bonds. The largest absolute Gasteiger partial charge is 0.371 e. The first-order chi connectivity index (χ1) is 13.1. The van der Waals surface area contributed by atoms with Crippen molar-refractivity contribution in [3.05, 3.63) is 87.4 Å². The van der Waals surface area contributed by atoms with E-state index in [9.17, 15) is 0 Å². The summed E-state index contributed by atoms with van der Waals surface area (Å²) in [6, 6.07) is 13.4.